The number of ether oxygens (including phenoxy) is 1. The number of nitrogens with two attached hydrogens (primary N) is 1. The predicted molar refractivity (Wildman–Crippen MR) is 79.3 cm³/mol. The van der Waals surface area contributed by atoms with Crippen molar-refractivity contribution in [3.05, 3.63) is 34.9 Å². The van der Waals surface area contributed by atoms with E-state index in [4.69, 9.17) is 10.5 Å². The van der Waals surface area contributed by atoms with E-state index in [0.717, 1.165) is 19.7 Å². The summed E-state index contributed by atoms with van der Waals surface area (Å²) in [5, 5.41) is 0. The Morgan fingerprint density at radius 3 is 2.74 bits per heavy atom. The van der Waals surface area contributed by atoms with Crippen molar-refractivity contribution >= 4 is 0 Å². The lowest BCUT2D eigenvalue weighted by atomic mass is 9.95. The number of rotatable bonds is 3. The van der Waals surface area contributed by atoms with E-state index >= 15 is 0 Å². The molecular formula is C16H26N2O. The SMILES string of the molecule is Cc1cccc(C(CN)N2CCOC(C)(C)C2)c1C. The highest BCUT2D eigenvalue weighted by Crippen LogP contribution is 2.28. The van der Waals surface area contributed by atoms with Gasteiger partial charge in [-0.2, -0.15) is 0 Å². The number of hydrogen-bond donors (Lipinski definition) is 1. The average molecular weight is 262 g/mol. The van der Waals surface area contributed by atoms with Crippen molar-refractivity contribution in [2.45, 2.75) is 39.3 Å². The van der Waals surface area contributed by atoms with Crippen LogP contribution < -0.4 is 5.73 Å². The lowest BCUT2D eigenvalue weighted by Gasteiger charge is -2.42. The fourth-order valence-corrected chi connectivity index (χ4v) is 2.93. The molecule has 0 bridgehead atoms. The second-order valence-electron chi connectivity index (χ2n) is 6.12. The van der Waals surface area contributed by atoms with Crippen LogP contribution in [0.5, 0.6) is 0 Å². The van der Waals surface area contributed by atoms with Crippen LogP contribution in [0.4, 0.5) is 0 Å². The largest absolute Gasteiger partial charge is 0.373 e. The Hall–Kier alpha value is -0.900. The molecule has 0 saturated carbocycles. The molecule has 19 heavy (non-hydrogen) atoms. The second kappa shape index (κ2) is 5.61. The molecular weight excluding hydrogens is 236 g/mol. The van der Waals surface area contributed by atoms with Gasteiger partial charge in [0.2, 0.25) is 0 Å². The molecule has 1 aromatic rings. The van der Waals surface area contributed by atoms with Crippen LogP contribution in [0.1, 0.15) is 36.6 Å². The maximum absolute atomic E-state index is 6.06. The predicted octanol–water partition coefficient (Wildman–Crippen LogP) is 2.41. The van der Waals surface area contributed by atoms with Crippen LogP contribution in [0.2, 0.25) is 0 Å². The molecule has 0 spiro atoms. The number of benzene rings is 1. The number of nitrogens with zero attached hydrogens (tertiary/aromatic N) is 1. The van der Waals surface area contributed by atoms with Crippen LogP contribution in [0.3, 0.4) is 0 Å². The van der Waals surface area contributed by atoms with Crippen molar-refractivity contribution in [2.24, 2.45) is 5.73 Å². The van der Waals surface area contributed by atoms with Gasteiger partial charge >= 0.3 is 0 Å². The highest BCUT2D eigenvalue weighted by molar-refractivity contribution is 5.35. The molecule has 1 fully saturated rings. The van der Waals surface area contributed by atoms with Gasteiger partial charge in [0.15, 0.2) is 0 Å². The van der Waals surface area contributed by atoms with Gasteiger partial charge in [-0.1, -0.05) is 18.2 Å². The zero-order valence-corrected chi connectivity index (χ0v) is 12.6. The summed E-state index contributed by atoms with van der Waals surface area (Å²) in [6.07, 6.45) is 0. The Kier molecular flexibility index (Phi) is 4.29. The Balaban J connectivity index is 2.27. The van der Waals surface area contributed by atoms with Gasteiger partial charge < -0.3 is 10.5 Å². The Morgan fingerprint density at radius 2 is 2.11 bits per heavy atom. The van der Waals surface area contributed by atoms with Gasteiger partial charge in [-0.15, -0.1) is 0 Å². The van der Waals surface area contributed by atoms with Crippen LogP contribution in [0, 0.1) is 13.8 Å². The molecule has 2 rings (SSSR count). The first-order chi connectivity index (χ1) is 8.94. The molecule has 1 saturated heterocycles. The van der Waals surface area contributed by atoms with Crippen molar-refractivity contribution in [1.82, 2.24) is 4.90 Å². The topological polar surface area (TPSA) is 38.5 Å². The molecule has 0 aromatic heterocycles. The number of morpholine rings is 1. The third-order valence-electron chi connectivity index (χ3n) is 4.12. The molecule has 1 atom stereocenters. The highest BCUT2D eigenvalue weighted by Gasteiger charge is 2.31. The second-order valence-corrected chi connectivity index (χ2v) is 6.12. The zero-order valence-electron chi connectivity index (χ0n) is 12.6. The Bertz CT molecular complexity index is 442. The zero-order chi connectivity index (χ0) is 14.0. The van der Waals surface area contributed by atoms with Crippen LogP contribution in [-0.2, 0) is 4.74 Å². The van der Waals surface area contributed by atoms with E-state index in [2.05, 4.69) is 50.8 Å². The summed E-state index contributed by atoms with van der Waals surface area (Å²) < 4.78 is 5.80. The van der Waals surface area contributed by atoms with E-state index in [9.17, 15) is 0 Å². The molecule has 2 N–H and O–H groups in total. The first kappa shape index (κ1) is 14.5. The third kappa shape index (κ3) is 3.16. The molecule has 3 heteroatoms. The van der Waals surface area contributed by atoms with E-state index in [1.54, 1.807) is 0 Å². The highest BCUT2D eigenvalue weighted by atomic mass is 16.5. The van der Waals surface area contributed by atoms with Crippen LogP contribution in [-0.4, -0.2) is 36.7 Å². The van der Waals surface area contributed by atoms with Gasteiger partial charge in [-0.3, -0.25) is 4.90 Å². The molecule has 1 aromatic carbocycles. The van der Waals surface area contributed by atoms with Crippen LogP contribution in [0.15, 0.2) is 18.2 Å². The minimum atomic E-state index is -0.0800. The van der Waals surface area contributed by atoms with Crippen molar-refractivity contribution < 1.29 is 4.74 Å². The Labute approximate surface area is 116 Å². The maximum Gasteiger partial charge on any atom is 0.0753 e. The minimum Gasteiger partial charge on any atom is -0.373 e. The molecule has 1 unspecified atom stereocenters. The van der Waals surface area contributed by atoms with E-state index < -0.39 is 0 Å². The van der Waals surface area contributed by atoms with E-state index in [1.165, 1.54) is 16.7 Å². The third-order valence-corrected chi connectivity index (χ3v) is 4.12. The molecule has 106 valence electrons. The van der Waals surface area contributed by atoms with E-state index in [-0.39, 0.29) is 5.60 Å². The molecule has 1 heterocycles. The summed E-state index contributed by atoms with van der Waals surface area (Å²) in [5.41, 5.74) is 10.0. The fourth-order valence-electron chi connectivity index (χ4n) is 2.93. The maximum atomic E-state index is 6.06. The van der Waals surface area contributed by atoms with Crippen molar-refractivity contribution in [3.63, 3.8) is 0 Å². The molecule has 1 aliphatic heterocycles. The van der Waals surface area contributed by atoms with Gasteiger partial charge in [0.05, 0.1) is 12.2 Å². The summed E-state index contributed by atoms with van der Waals surface area (Å²) in [6.45, 7) is 12.0. The molecule has 0 aliphatic carbocycles. The van der Waals surface area contributed by atoms with Crippen molar-refractivity contribution in [2.75, 3.05) is 26.2 Å². The summed E-state index contributed by atoms with van der Waals surface area (Å²) in [4.78, 5) is 2.46. The van der Waals surface area contributed by atoms with Gasteiger partial charge in [-0.25, -0.2) is 0 Å². The number of hydrogen-bond acceptors (Lipinski definition) is 3. The lowest BCUT2D eigenvalue weighted by molar-refractivity contribution is -0.0968. The quantitative estimate of drug-likeness (QED) is 0.909. The van der Waals surface area contributed by atoms with Crippen LogP contribution in [0.25, 0.3) is 0 Å². The minimum absolute atomic E-state index is 0.0800. The van der Waals surface area contributed by atoms with Gasteiger partial charge in [-0.05, 0) is 44.4 Å². The molecule has 3 nitrogen and oxygen atoms in total. The van der Waals surface area contributed by atoms with Gasteiger partial charge in [0.25, 0.3) is 0 Å². The summed E-state index contributed by atoms with van der Waals surface area (Å²) in [6, 6.07) is 6.80. The fraction of sp³-hybridized carbons (Fsp3) is 0.625. The van der Waals surface area contributed by atoms with E-state index in [0.29, 0.717) is 12.6 Å². The summed E-state index contributed by atoms with van der Waals surface area (Å²) in [7, 11) is 0. The summed E-state index contributed by atoms with van der Waals surface area (Å²) >= 11 is 0. The standard InChI is InChI=1S/C16H26N2O/c1-12-6-5-7-14(13(12)2)15(10-17)18-8-9-19-16(3,4)11-18/h5-7,15H,8-11,17H2,1-4H3. The number of aryl methyl sites for hydroxylation is 1. The van der Waals surface area contributed by atoms with Gasteiger partial charge in [0, 0.05) is 25.7 Å². The smallest absolute Gasteiger partial charge is 0.0753 e. The van der Waals surface area contributed by atoms with Crippen molar-refractivity contribution in [1.29, 1.82) is 0 Å². The van der Waals surface area contributed by atoms with Crippen molar-refractivity contribution in [3.8, 4) is 0 Å². The molecule has 1 aliphatic rings. The van der Waals surface area contributed by atoms with Crippen LogP contribution >= 0.6 is 0 Å². The average Bonchev–Trinajstić information content (AvgIpc) is 2.34. The first-order valence-electron chi connectivity index (χ1n) is 7.09. The summed E-state index contributed by atoms with van der Waals surface area (Å²) in [5.74, 6) is 0. The lowest BCUT2D eigenvalue weighted by Crippen LogP contribution is -2.50. The molecule has 0 radical (unpaired) electrons. The van der Waals surface area contributed by atoms with E-state index in [1.807, 2.05) is 0 Å². The Morgan fingerprint density at radius 1 is 1.37 bits per heavy atom. The monoisotopic (exact) mass is 262 g/mol. The van der Waals surface area contributed by atoms with Gasteiger partial charge in [0.1, 0.15) is 0 Å². The first-order valence-corrected chi connectivity index (χ1v) is 7.09. The molecule has 0 amide bonds. The normalized spacial score (nSPS) is 21.3.